The predicted octanol–water partition coefficient (Wildman–Crippen LogP) is 2.34. The zero-order valence-corrected chi connectivity index (χ0v) is 17.3. The number of carbonyl (C=O) groups excluding carboxylic acids is 1. The number of nitrogens with one attached hydrogen (secondary N) is 3. The Kier molecular flexibility index (Phi) is 7.14. The van der Waals surface area contributed by atoms with Gasteiger partial charge in [-0.3, -0.25) is 14.7 Å². The van der Waals surface area contributed by atoms with Crippen molar-refractivity contribution in [2.24, 2.45) is 4.99 Å². The Labute approximate surface area is 167 Å². The number of methoxy groups -OCH3 is 1. The van der Waals surface area contributed by atoms with Crippen molar-refractivity contribution >= 4 is 17.6 Å². The van der Waals surface area contributed by atoms with E-state index in [0.717, 1.165) is 30.5 Å². The summed E-state index contributed by atoms with van der Waals surface area (Å²) in [6.45, 7) is 4.39. The maximum atomic E-state index is 11.4. The average molecular weight is 388 g/mol. The van der Waals surface area contributed by atoms with Gasteiger partial charge in [-0.15, -0.1) is 0 Å². The molecule has 2 aliphatic rings. The number of hydrogen-bond donors (Lipinski definition) is 3. The molecule has 1 aromatic carbocycles. The summed E-state index contributed by atoms with van der Waals surface area (Å²) in [5, 5.41) is 9.76. The highest BCUT2D eigenvalue weighted by molar-refractivity contribution is 5.90. The van der Waals surface area contributed by atoms with Gasteiger partial charge < -0.3 is 20.7 Å². The fourth-order valence-corrected chi connectivity index (χ4v) is 4.23. The number of guanidine groups is 1. The number of rotatable bonds is 6. The summed E-state index contributed by atoms with van der Waals surface area (Å²) in [4.78, 5) is 18.4. The maximum Gasteiger partial charge on any atom is 0.221 e. The Morgan fingerprint density at radius 3 is 2.75 bits per heavy atom. The summed E-state index contributed by atoms with van der Waals surface area (Å²) in [5.41, 5.74) is 1.73. The molecule has 3 N–H and O–H groups in total. The number of ether oxygens (including phenoxy) is 1. The first kappa shape index (κ1) is 20.5. The van der Waals surface area contributed by atoms with Crippen LogP contribution in [-0.2, 0) is 11.3 Å². The van der Waals surface area contributed by atoms with E-state index >= 15 is 0 Å². The monoisotopic (exact) mass is 387 g/mol. The first-order valence-electron chi connectivity index (χ1n) is 10.2. The lowest BCUT2D eigenvalue weighted by Gasteiger charge is -2.24. The molecule has 0 aromatic heterocycles. The van der Waals surface area contributed by atoms with Crippen molar-refractivity contribution in [2.45, 2.75) is 57.7 Å². The molecule has 3 rings (SSSR count). The molecule has 2 fully saturated rings. The van der Waals surface area contributed by atoms with Crippen molar-refractivity contribution in [1.82, 2.24) is 15.5 Å². The van der Waals surface area contributed by atoms with Gasteiger partial charge in [-0.05, 0) is 37.0 Å². The molecule has 7 nitrogen and oxygen atoms in total. The minimum absolute atomic E-state index is 0.117. The Morgan fingerprint density at radius 2 is 2.07 bits per heavy atom. The normalized spacial score (nSPS) is 21.0. The topological polar surface area (TPSA) is 78.0 Å². The molecule has 1 aromatic rings. The van der Waals surface area contributed by atoms with Crippen LogP contribution in [0.4, 0.5) is 5.69 Å². The second-order valence-corrected chi connectivity index (χ2v) is 7.70. The van der Waals surface area contributed by atoms with Crippen molar-refractivity contribution in [3.8, 4) is 5.75 Å². The summed E-state index contributed by atoms with van der Waals surface area (Å²) in [6.07, 6.45) is 6.63. The van der Waals surface area contributed by atoms with Crippen molar-refractivity contribution in [1.29, 1.82) is 0 Å². The molecule has 1 heterocycles. The summed E-state index contributed by atoms with van der Waals surface area (Å²) in [7, 11) is 3.40. The van der Waals surface area contributed by atoms with Gasteiger partial charge in [-0.2, -0.15) is 0 Å². The summed E-state index contributed by atoms with van der Waals surface area (Å²) in [6, 6.07) is 7.01. The SMILES string of the molecule is CN=C(NCc1ccc(OC)c(NC(C)=O)c1)NC1CCN(C2CCCC2)C1. The number of carbonyl (C=O) groups is 1. The van der Waals surface area contributed by atoms with E-state index in [-0.39, 0.29) is 5.91 Å². The van der Waals surface area contributed by atoms with Gasteiger partial charge >= 0.3 is 0 Å². The maximum absolute atomic E-state index is 11.4. The largest absolute Gasteiger partial charge is 0.495 e. The smallest absolute Gasteiger partial charge is 0.221 e. The quantitative estimate of drug-likeness (QED) is 0.516. The fraction of sp³-hybridized carbons (Fsp3) is 0.619. The second kappa shape index (κ2) is 9.78. The molecule has 1 unspecified atom stereocenters. The van der Waals surface area contributed by atoms with Gasteiger partial charge in [0.15, 0.2) is 5.96 Å². The third-order valence-corrected chi connectivity index (χ3v) is 5.66. The molecule has 154 valence electrons. The highest BCUT2D eigenvalue weighted by atomic mass is 16.5. The number of anilines is 1. The van der Waals surface area contributed by atoms with Gasteiger partial charge in [0.25, 0.3) is 0 Å². The Bertz CT molecular complexity index is 700. The van der Waals surface area contributed by atoms with E-state index in [4.69, 9.17) is 4.74 Å². The lowest BCUT2D eigenvalue weighted by Crippen LogP contribution is -2.45. The third kappa shape index (κ3) is 5.38. The molecule has 0 bridgehead atoms. The van der Waals surface area contributed by atoms with Crippen molar-refractivity contribution in [3.05, 3.63) is 23.8 Å². The number of likely N-dealkylation sites (tertiary alicyclic amines) is 1. The van der Waals surface area contributed by atoms with E-state index in [0.29, 0.717) is 24.0 Å². The lowest BCUT2D eigenvalue weighted by molar-refractivity contribution is -0.114. The molecule has 1 saturated heterocycles. The number of aliphatic imine (C=N–C) groups is 1. The highest BCUT2D eigenvalue weighted by Crippen LogP contribution is 2.27. The summed E-state index contributed by atoms with van der Waals surface area (Å²) >= 11 is 0. The number of benzene rings is 1. The first-order valence-corrected chi connectivity index (χ1v) is 10.2. The van der Waals surface area contributed by atoms with Gasteiger partial charge in [0.1, 0.15) is 5.75 Å². The Morgan fingerprint density at radius 1 is 1.29 bits per heavy atom. The van der Waals surface area contributed by atoms with Crippen molar-refractivity contribution < 1.29 is 9.53 Å². The molecule has 7 heteroatoms. The molecule has 1 aliphatic carbocycles. The van der Waals surface area contributed by atoms with Crippen LogP contribution in [0.5, 0.6) is 5.75 Å². The molecule has 0 radical (unpaired) electrons. The second-order valence-electron chi connectivity index (χ2n) is 7.70. The predicted molar refractivity (Wildman–Crippen MR) is 113 cm³/mol. The molecule has 1 saturated carbocycles. The van der Waals surface area contributed by atoms with Crippen LogP contribution in [0.1, 0.15) is 44.6 Å². The standard InChI is InChI=1S/C21H33N5O2/c1-15(27)24-19-12-16(8-9-20(19)28-3)13-23-21(22-2)25-17-10-11-26(14-17)18-6-4-5-7-18/h8-9,12,17-18H,4-7,10-11,13-14H2,1-3H3,(H,24,27)(H2,22,23,25). The average Bonchev–Trinajstić information content (AvgIpc) is 3.36. The lowest BCUT2D eigenvalue weighted by atomic mass is 10.2. The number of nitrogens with zero attached hydrogens (tertiary/aromatic N) is 2. The minimum Gasteiger partial charge on any atom is -0.495 e. The van der Waals surface area contributed by atoms with Crippen molar-refractivity contribution in [3.63, 3.8) is 0 Å². The zero-order valence-electron chi connectivity index (χ0n) is 17.3. The van der Waals surface area contributed by atoms with Crippen LogP contribution in [0.15, 0.2) is 23.2 Å². The number of amides is 1. The minimum atomic E-state index is -0.117. The van der Waals surface area contributed by atoms with Crippen LogP contribution in [0.3, 0.4) is 0 Å². The van der Waals surface area contributed by atoms with Gasteiger partial charge in [0.05, 0.1) is 12.8 Å². The van der Waals surface area contributed by atoms with Crippen LogP contribution in [0, 0.1) is 0 Å². The van der Waals surface area contributed by atoms with Crippen LogP contribution in [0.2, 0.25) is 0 Å². The van der Waals surface area contributed by atoms with E-state index in [2.05, 4.69) is 25.8 Å². The molecule has 1 aliphatic heterocycles. The Hall–Kier alpha value is -2.28. The first-order chi connectivity index (χ1) is 13.6. The summed E-state index contributed by atoms with van der Waals surface area (Å²) < 4.78 is 5.31. The van der Waals surface area contributed by atoms with Gasteiger partial charge in [-0.25, -0.2) is 0 Å². The van der Waals surface area contributed by atoms with E-state index in [9.17, 15) is 4.79 Å². The molecular formula is C21H33N5O2. The van der Waals surface area contributed by atoms with Gasteiger partial charge in [0, 0.05) is 45.7 Å². The molecular weight excluding hydrogens is 354 g/mol. The van der Waals surface area contributed by atoms with E-state index < -0.39 is 0 Å². The molecule has 28 heavy (non-hydrogen) atoms. The van der Waals surface area contributed by atoms with E-state index in [1.807, 2.05) is 18.2 Å². The molecule has 1 amide bonds. The van der Waals surface area contributed by atoms with E-state index in [1.54, 1.807) is 14.2 Å². The summed E-state index contributed by atoms with van der Waals surface area (Å²) in [5.74, 6) is 1.35. The Balaban J connectivity index is 1.52. The highest BCUT2D eigenvalue weighted by Gasteiger charge is 2.30. The van der Waals surface area contributed by atoms with Gasteiger partial charge in [0.2, 0.25) is 5.91 Å². The van der Waals surface area contributed by atoms with E-state index in [1.165, 1.54) is 39.2 Å². The van der Waals surface area contributed by atoms with Crippen LogP contribution >= 0.6 is 0 Å². The number of hydrogen-bond acceptors (Lipinski definition) is 4. The van der Waals surface area contributed by atoms with Crippen molar-refractivity contribution in [2.75, 3.05) is 32.6 Å². The fourth-order valence-electron chi connectivity index (χ4n) is 4.23. The van der Waals surface area contributed by atoms with Crippen LogP contribution < -0.4 is 20.7 Å². The van der Waals surface area contributed by atoms with Gasteiger partial charge in [-0.1, -0.05) is 18.9 Å². The third-order valence-electron chi connectivity index (χ3n) is 5.66. The van der Waals surface area contributed by atoms with Crippen LogP contribution in [-0.4, -0.2) is 56.1 Å². The molecule has 1 atom stereocenters. The van der Waals surface area contributed by atoms with Crippen LogP contribution in [0.25, 0.3) is 0 Å². The molecule has 0 spiro atoms. The zero-order chi connectivity index (χ0) is 19.9.